The summed E-state index contributed by atoms with van der Waals surface area (Å²) >= 11 is 0. The highest BCUT2D eigenvalue weighted by atomic mass is 15.3. The Bertz CT molecular complexity index is 160. The highest BCUT2D eigenvalue weighted by Gasteiger charge is 2.34. The summed E-state index contributed by atoms with van der Waals surface area (Å²) in [5.41, 5.74) is 5.63. The van der Waals surface area contributed by atoms with Crippen molar-refractivity contribution in [2.45, 2.75) is 31.8 Å². The molecule has 0 amide bonds. The summed E-state index contributed by atoms with van der Waals surface area (Å²) in [6.07, 6.45) is 2.81. The van der Waals surface area contributed by atoms with Crippen LogP contribution >= 0.6 is 0 Å². The molecule has 0 saturated carbocycles. The lowest BCUT2D eigenvalue weighted by atomic mass is 10.0. The van der Waals surface area contributed by atoms with E-state index in [1.165, 1.54) is 39.0 Å². The normalized spacial score (nSPS) is 29.1. The summed E-state index contributed by atoms with van der Waals surface area (Å²) in [6, 6.07) is 1.43. The number of nitrogens with zero attached hydrogens (tertiary/aromatic N) is 2. The monoisotopic (exact) mass is 183 g/mol. The van der Waals surface area contributed by atoms with Gasteiger partial charge in [0, 0.05) is 31.7 Å². The molecule has 3 heteroatoms. The second-order valence-corrected chi connectivity index (χ2v) is 4.44. The predicted octanol–water partition coefficient (Wildman–Crippen LogP) is 0.114. The van der Waals surface area contributed by atoms with Crippen molar-refractivity contribution in [2.24, 2.45) is 5.73 Å². The fourth-order valence-corrected chi connectivity index (χ4v) is 2.33. The van der Waals surface area contributed by atoms with E-state index in [2.05, 4.69) is 16.7 Å². The van der Waals surface area contributed by atoms with Gasteiger partial charge in [0.25, 0.3) is 0 Å². The van der Waals surface area contributed by atoms with Gasteiger partial charge in [0.15, 0.2) is 0 Å². The van der Waals surface area contributed by atoms with Crippen LogP contribution in [0.15, 0.2) is 0 Å². The molecular formula is C10H21N3. The van der Waals surface area contributed by atoms with E-state index in [-0.39, 0.29) is 0 Å². The van der Waals surface area contributed by atoms with E-state index in [9.17, 15) is 0 Å². The Kier molecular flexibility index (Phi) is 2.86. The summed E-state index contributed by atoms with van der Waals surface area (Å²) in [4.78, 5) is 5.13. The molecule has 1 atom stereocenters. The fraction of sp³-hybridized carbons (Fsp3) is 1.00. The lowest BCUT2D eigenvalue weighted by molar-refractivity contribution is 0.0232. The topological polar surface area (TPSA) is 32.5 Å². The van der Waals surface area contributed by atoms with Crippen molar-refractivity contribution >= 4 is 0 Å². The van der Waals surface area contributed by atoms with E-state index in [0.717, 1.165) is 12.6 Å². The second-order valence-electron chi connectivity index (χ2n) is 4.44. The first-order valence-electron chi connectivity index (χ1n) is 5.49. The van der Waals surface area contributed by atoms with Crippen LogP contribution < -0.4 is 5.73 Å². The van der Waals surface area contributed by atoms with E-state index in [0.29, 0.717) is 6.04 Å². The molecular weight excluding hydrogens is 162 g/mol. The fourth-order valence-electron chi connectivity index (χ4n) is 2.33. The second kappa shape index (κ2) is 3.95. The van der Waals surface area contributed by atoms with Crippen LogP contribution in [0.4, 0.5) is 0 Å². The Morgan fingerprint density at radius 2 is 1.92 bits per heavy atom. The Hall–Kier alpha value is -0.120. The zero-order valence-electron chi connectivity index (χ0n) is 8.58. The van der Waals surface area contributed by atoms with Crippen LogP contribution in [0.5, 0.6) is 0 Å². The van der Waals surface area contributed by atoms with Gasteiger partial charge in [-0.05, 0) is 32.9 Å². The van der Waals surface area contributed by atoms with Crippen LogP contribution in [0, 0.1) is 0 Å². The minimum Gasteiger partial charge on any atom is -0.329 e. The average molecular weight is 183 g/mol. The average Bonchev–Trinajstić information content (AvgIpc) is 2.54. The number of likely N-dealkylation sites (tertiary alicyclic amines) is 2. The van der Waals surface area contributed by atoms with Crippen molar-refractivity contribution in [2.75, 3.05) is 32.7 Å². The largest absolute Gasteiger partial charge is 0.329 e. The first-order valence-corrected chi connectivity index (χ1v) is 5.49. The van der Waals surface area contributed by atoms with Gasteiger partial charge in [0.2, 0.25) is 0 Å². The maximum Gasteiger partial charge on any atom is 0.0350 e. The molecule has 0 aromatic heterocycles. The van der Waals surface area contributed by atoms with Crippen LogP contribution in [0.2, 0.25) is 0 Å². The molecule has 1 unspecified atom stereocenters. The van der Waals surface area contributed by atoms with E-state index < -0.39 is 0 Å². The molecule has 2 fully saturated rings. The van der Waals surface area contributed by atoms with Gasteiger partial charge in [-0.25, -0.2) is 0 Å². The van der Waals surface area contributed by atoms with Gasteiger partial charge < -0.3 is 5.73 Å². The molecule has 2 saturated heterocycles. The summed E-state index contributed by atoms with van der Waals surface area (Å²) < 4.78 is 0. The van der Waals surface area contributed by atoms with Crippen LogP contribution in [0.1, 0.15) is 19.8 Å². The number of nitrogens with two attached hydrogens (primary N) is 1. The maximum absolute atomic E-state index is 5.63. The van der Waals surface area contributed by atoms with Gasteiger partial charge in [0.1, 0.15) is 0 Å². The number of rotatable bonds is 3. The van der Waals surface area contributed by atoms with E-state index >= 15 is 0 Å². The van der Waals surface area contributed by atoms with Crippen molar-refractivity contribution in [3.63, 3.8) is 0 Å². The molecule has 0 radical (unpaired) electrons. The molecule has 0 aliphatic carbocycles. The Morgan fingerprint density at radius 3 is 2.46 bits per heavy atom. The molecule has 2 N–H and O–H groups in total. The van der Waals surface area contributed by atoms with Crippen LogP contribution in [-0.4, -0.2) is 54.6 Å². The van der Waals surface area contributed by atoms with Gasteiger partial charge in [-0.2, -0.15) is 0 Å². The molecule has 3 nitrogen and oxygen atoms in total. The van der Waals surface area contributed by atoms with Gasteiger partial charge in [0.05, 0.1) is 0 Å². The van der Waals surface area contributed by atoms with Crippen LogP contribution in [0.25, 0.3) is 0 Å². The van der Waals surface area contributed by atoms with Crippen LogP contribution in [-0.2, 0) is 0 Å². The third kappa shape index (κ3) is 1.87. The molecule has 0 bridgehead atoms. The first-order chi connectivity index (χ1) is 6.31. The van der Waals surface area contributed by atoms with Crippen LogP contribution in [0.3, 0.4) is 0 Å². The first kappa shape index (κ1) is 9.44. The predicted molar refractivity (Wildman–Crippen MR) is 54.7 cm³/mol. The SMILES string of the molecule is CC(CN)N1CC(N2CCCC2)C1. The zero-order valence-corrected chi connectivity index (χ0v) is 8.58. The molecule has 0 aromatic rings. The van der Waals surface area contributed by atoms with Gasteiger partial charge >= 0.3 is 0 Å². The summed E-state index contributed by atoms with van der Waals surface area (Å²) in [5, 5.41) is 0. The molecule has 76 valence electrons. The highest BCUT2D eigenvalue weighted by Crippen LogP contribution is 2.21. The molecule has 2 aliphatic rings. The van der Waals surface area contributed by atoms with Crippen molar-refractivity contribution in [3.8, 4) is 0 Å². The van der Waals surface area contributed by atoms with E-state index in [1.54, 1.807) is 0 Å². The number of hydrogen-bond acceptors (Lipinski definition) is 3. The number of hydrogen-bond donors (Lipinski definition) is 1. The van der Waals surface area contributed by atoms with E-state index in [1.807, 2.05) is 0 Å². The standard InChI is InChI=1S/C10H21N3/c1-9(6-11)13-7-10(8-13)12-4-2-3-5-12/h9-10H,2-8,11H2,1H3. The summed E-state index contributed by atoms with van der Waals surface area (Å²) in [5.74, 6) is 0. The minimum atomic E-state index is 0.582. The minimum absolute atomic E-state index is 0.582. The van der Waals surface area contributed by atoms with Crippen molar-refractivity contribution < 1.29 is 0 Å². The van der Waals surface area contributed by atoms with E-state index in [4.69, 9.17) is 5.73 Å². The zero-order chi connectivity index (χ0) is 9.26. The quantitative estimate of drug-likeness (QED) is 0.674. The van der Waals surface area contributed by atoms with Crippen molar-refractivity contribution in [3.05, 3.63) is 0 Å². The summed E-state index contributed by atoms with van der Waals surface area (Å²) in [6.45, 7) is 8.18. The smallest absolute Gasteiger partial charge is 0.0350 e. The Morgan fingerprint density at radius 1 is 1.31 bits per heavy atom. The van der Waals surface area contributed by atoms with Crippen molar-refractivity contribution in [1.29, 1.82) is 0 Å². The lowest BCUT2D eigenvalue weighted by Gasteiger charge is -2.46. The highest BCUT2D eigenvalue weighted by molar-refractivity contribution is 4.92. The Labute approximate surface area is 80.9 Å². The molecule has 0 spiro atoms. The molecule has 2 rings (SSSR count). The van der Waals surface area contributed by atoms with Gasteiger partial charge in [-0.15, -0.1) is 0 Å². The third-order valence-corrected chi connectivity index (χ3v) is 3.51. The Balaban J connectivity index is 1.71. The lowest BCUT2D eigenvalue weighted by Crippen LogP contribution is -2.62. The maximum atomic E-state index is 5.63. The van der Waals surface area contributed by atoms with Crippen molar-refractivity contribution in [1.82, 2.24) is 9.80 Å². The molecule has 2 heterocycles. The molecule has 2 aliphatic heterocycles. The summed E-state index contributed by atoms with van der Waals surface area (Å²) in [7, 11) is 0. The third-order valence-electron chi connectivity index (χ3n) is 3.51. The van der Waals surface area contributed by atoms with Gasteiger partial charge in [-0.3, -0.25) is 9.80 Å². The molecule has 13 heavy (non-hydrogen) atoms. The molecule has 0 aromatic carbocycles. The van der Waals surface area contributed by atoms with Gasteiger partial charge in [-0.1, -0.05) is 0 Å².